The first-order valence-electron chi connectivity index (χ1n) is 16.0. The predicted molar refractivity (Wildman–Crippen MR) is 196 cm³/mol. The molecule has 0 fully saturated rings. The number of halogens is 1. The predicted octanol–water partition coefficient (Wildman–Crippen LogP) is 9.64. The highest BCUT2D eigenvalue weighted by atomic mass is 35.5. The van der Waals surface area contributed by atoms with Crippen LogP contribution < -0.4 is 20.3 Å². The standard InChI is InChI=1S/C36H45ClN3O5PSi/c1-25(2)44-46(41,45-26(3)4)31-19-30(22-38-23-31)43-36-39-34-21-33(37)32(20-35(34)40(36)24-42-17-18-47(5,6)7)29-15-13-28(14-16-29)27-11-9-8-10-12-27/h8-16,19-23,25-26,36,39H,17-18,24H2,1-7H3. The topological polar surface area (TPSA) is 82.2 Å². The molecule has 0 bridgehead atoms. The van der Waals surface area contributed by atoms with E-state index in [1.807, 2.05) is 56.9 Å². The second kappa shape index (κ2) is 14.9. The van der Waals surface area contributed by atoms with E-state index in [1.165, 1.54) is 6.20 Å². The van der Waals surface area contributed by atoms with Crippen LogP contribution in [0.2, 0.25) is 30.7 Å². The molecule has 0 radical (unpaired) electrons. The minimum atomic E-state index is -3.65. The number of anilines is 2. The van der Waals surface area contributed by atoms with Gasteiger partial charge in [-0.2, -0.15) is 0 Å². The molecule has 1 N–H and O–H groups in total. The highest BCUT2D eigenvalue weighted by molar-refractivity contribution is 7.62. The molecule has 3 aromatic carbocycles. The molecule has 0 aliphatic carbocycles. The molecule has 0 spiro atoms. The second-order valence-electron chi connectivity index (χ2n) is 13.4. The number of hydrogen-bond donors (Lipinski definition) is 1. The van der Waals surface area contributed by atoms with Crippen molar-refractivity contribution in [3.05, 3.63) is 90.2 Å². The molecule has 0 saturated heterocycles. The maximum Gasteiger partial charge on any atom is 0.363 e. The van der Waals surface area contributed by atoms with Gasteiger partial charge >= 0.3 is 7.60 Å². The van der Waals surface area contributed by atoms with Crippen molar-refractivity contribution in [2.45, 2.75) is 71.9 Å². The van der Waals surface area contributed by atoms with Gasteiger partial charge in [0.1, 0.15) is 12.5 Å². The number of aromatic nitrogens is 1. The third kappa shape index (κ3) is 9.05. The number of fused-ring (bicyclic) bond motifs is 1. The van der Waals surface area contributed by atoms with Crippen LogP contribution >= 0.6 is 19.2 Å². The van der Waals surface area contributed by atoms with Crippen LogP contribution in [0.15, 0.2) is 85.2 Å². The van der Waals surface area contributed by atoms with E-state index in [9.17, 15) is 4.57 Å². The molecule has 250 valence electrons. The molecule has 0 saturated carbocycles. The van der Waals surface area contributed by atoms with E-state index in [4.69, 9.17) is 30.1 Å². The van der Waals surface area contributed by atoms with Gasteiger partial charge in [-0.1, -0.05) is 85.8 Å². The first-order valence-corrected chi connectivity index (χ1v) is 21.6. The fourth-order valence-electron chi connectivity index (χ4n) is 5.17. The number of nitrogens with zero attached hydrogens (tertiary/aromatic N) is 2. The molecule has 1 atom stereocenters. The molecule has 47 heavy (non-hydrogen) atoms. The third-order valence-electron chi connectivity index (χ3n) is 7.45. The molecule has 8 nitrogen and oxygen atoms in total. The summed E-state index contributed by atoms with van der Waals surface area (Å²) in [6.07, 6.45) is 1.82. The van der Waals surface area contributed by atoms with Gasteiger partial charge in [0.2, 0.25) is 0 Å². The lowest BCUT2D eigenvalue weighted by Gasteiger charge is -2.28. The van der Waals surface area contributed by atoms with Gasteiger partial charge in [-0.3, -0.25) is 14.4 Å². The summed E-state index contributed by atoms with van der Waals surface area (Å²) < 4.78 is 38.2. The van der Waals surface area contributed by atoms with Crippen LogP contribution in [0, 0.1) is 0 Å². The molecule has 1 aliphatic rings. The van der Waals surface area contributed by atoms with E-state index in [0.717, 1.165) is 39.7 Å². The first-order chi connectivity index (χ1) is 22.3. The zero-order chi connectivity index (χ0) is 33.8. The molecule has 4 aromatic rings. The number of hydrogen-bond acceptors (Lipinski definition) is 8. The van der Waals surface area contributed by atoms with E-state index >= 15 is 0 Å². The monoisotopic (exact) mass is 693 g/mol. The summed E-state index contributed by atoms with van der Waals surface area (Å²) in [5, 5.41) is 4.40. The number of ether oxygens (including phenoxy) is 2. The Balaban J connectivity index is 1.44. The number of benzene rings is 3. The Hall–Kier alpha value is -3.17. The van der Waals surface area contributed by atoms with E-state index < -0.39 is 22.0 Å². The van der Waals surface area contributed by atoms with Gasteiger partial charge in [0, 0.05) is 26.4 Å². The highest BCUT2D eigenvalue weighted by Crippen LogP contribution is 2.50. The number of pyridine rings is 1. The van der Waals surface area contributed by atoms with E-state index in [1.54, 1.807) is 12.3 Å². The van der Waals surface area contributed by atoms with Gasteiger partial charge in [-0.05, 0) is 68.6 Å². The van der Waals surface area contributed by atoms with Gasteiger partial charge in [0.15, 0.2) is 0 Å². The zero-order valence-electron chi connectivity index (χ0n) is 28.2. The van der Waals surface area contributed by atoms with Crippen molar-refractivity contribution >= 4 is 43.9 Å². The molecule has 1 aliphatic heterocycles. The SMILES string of the molecule is CC(C)OP(=O)(OC(C)C)c1cncc(OC2Nc3cc(Cl)c(-c4ccc(-c5ccccc5)cc4)cc3N2COCC[Si](C)(C)C)c1. The maximum absolute atomic E-state index is 13.8. The van der Waals surface area contributed by atoms with Crippen molar-refractivity contribution in [1.82, 2.24) is 4.98 Å². The number of rotatable bonds is 14. The molecule has 0 amide bonds. The van der Waals surface area contributed by atoms with Crippen LogP contribution in [0.25, 0.3) is 22.3 Å². The van der Waals surface area contributed by atoms with Crippen molar-refractivity contribution in [3.63, 3.8) is 0 Å². The largest absolute Gasteiger partial charge is 0.451 e. The summed E-state index contributed by atoms with van der Waals surface area (Å²) in [6.45, 7) is 15.2. The Morgan fingerprint density at radius 1 is 0.894 bits per heavy atom. The first kappa shape index (κ1) is 35.1. The molecule has 1 unspecified atom stereocenters. The highest BCUT2D eigenvalue weighted by Gasteiger charge is 2.34. The Morgan fingerprint density at radius 2 is 1.53 bits per heavy atom. The smallest absolute Gasteiger partial charge is 0.363 e. The van der Waals surface area contributed by atoms with E-state index in [0.29, 0.717) is 29.4 Å². The van der Waals surface area contributed by atoms with Crippen LogP contribution in [0.3, 0.4) is 0 Å². The Bertz CT molecular complexity index is 1690. The summed E-state index contributed by atoms with van der Waals surface area (Å²) in [5.41, 5.74) is 5.92. The van der Waals surface area contributed by atoms with Crippen LogP contribution in [-0.4, -0.2) is 45.0 Å². The lowest BCUT2D eigenvalue weighted by atomic mass is 9.99. The minimum Gasteiger partial charge on any atom is -0.451 e. The van der Waals surface area contributed by atoms with Crippen LogP contribution in [-0.2, 0) is 18.3 Å². The Labute approximate surface area is 284 Å². The van der Waals surface area contributed by atoms with Crippen LogP contribution in [0.1, 0.15) is 27.7 Å². The zero-order valence-corrected chi connectivity index (χ0v) is 30.8. The van der Waals surface area contributed by atoms with Crippen molar-refractivity contribution in [2.75, 3.05) is 23.6 Å². The summed E-state index contributed by atoms with van der Waals surface area (Å²) in [7, 11) is -4.94. The van der Waals surface area contributed by atoms with Crippen molar-refractivity contribution in [3.8, 4) is 28.0 Å². The molecule has 5 rings (SSSR count). The third-order valence-corrected chi connectivity index (χ3v) is 11.7. The molecule has 1 aromatic heterocycles. The average Bonchev–Trinajstić information content (AvgIpc) is 3.33. The van der Waals surface area contributed by atoms with Gasteiger partial charge in [-0.25, -0.2) is 0 Å². The quantitative estimate of drug-likeness (QED) is 0.0794. The van der Waals surface area contributed by atoms with Crippen molar-refractivity contribution in [2.24, 2.45) is 0 Å². The number of nitrogens with one attached hydrogen (secondary N) is 1. The van der Waals surface area contributed by atoms with E-state index in [-0.39, 0.29) is 12.2 Å². The average molecular weight is 694 g/mol. The molecule has 11 heteroatoms. The fraction of sp³-hybridized carbons (Fsp3) is 0.361. The minimum absolute atomic E-state index is 0.293. The Kier molecular flexibility index (Phi) is 11.2. The van der Waals surface area contributed by atoms with Crippen LogP contribution in [0.5, 0.6) is 5.75 Å². The van der Waals surface area contributed by atoms with Gasteiger partial charge in [-0.15, -0.1) is 0 Å². The lowest BCUT2D eigenvalue weighted by Crippen LogP contribution is -2.42. The fourth-order valence-corrected chi connectivity index (χ4v) is 8.10. The van der Waals surface area contributed by atoms with Crippen molar-refractivity contribution in [1.29, 1.82) is 0 Å². The summed E-state index contributed by atoms with van der Waals surface area (Å²) >= 11 is 6.89. The molecular weight excluding hydrogens is 649 g/mol. The summed E-state index contributed by atoms with van der Waals surface area (Å²) in [5.74, 6) is 0.405. The summed E-state index contributed by atoms with van der Waals surface area (Å²) in [6, 6.07) is 25.4. The summed E-state index contributed by atoms with van der Waals surface area (Å²) in [4.78, 5) is 6.36. The van der Waals surface area contributed by atoms with E-state index in [2.05, 4.69) is 72.4 Å². The molecular formula is C36H45ClN3O5PSi. The van der Waals surface area contributed by atoms with Crippen LogP contribution in [0.4, 0.5) is 11.4 Å². The van der Waals surface area contributed by atoms with Gasteiger partial charge in [0.05, 0.1) is 40.1 Å². The van der Waals surface area contributed by atoms with Crippen molar-refractivity contribution < 1.29 is 23.1 Å². The second-order valence-corrected chi connectivity index (χ2v) is 21.4. The van der Waals surface area contributed by atoms with Gasteiger partial charge in [0.25, 0.3) is 6.35 Å². The lowest BCUT2D eigenvalue weighted by molar-refractivity contribution is 0.114. The Morgan fingerprint density at radius 3 is 2.17 bits per heavy atom. The normalized spacial score (nSPS) is 14.9. The molecule has 2 heterocycles. The van der Waals surface area contributed by atoms with Gasteiger partial charge < -0.3 is 23.8 Å². The maximum atomic E-state index is 13.8.